The summed E-state index contributed by atoms with van der Waals surface area (Å²) in [5.41, 5.74) is 2.18. The lowest BCUT2D eigenvalue weighted by Gasteiger charge is -2.28. The maximum atomic E-state index is 13.1. The third-order valence-electron chi connectivity index (χ3n) is 5.80. The Kier molecular flexibility index (Phi) is 4.54. The van der Waals surface area contributed by atoms with E-state index >= 15 is 0 Å². The van der Waals surface area contributed by atoms with Gasteiger partial charge < -0.3 is 9.55 Å². The van der Waals surface area contributed by atoms with Gasteiger partial charge in [0.1, 0.15) is 5.82 Å². The van der Waals surface area contributed by atoms with Crippen LogP contribution >= 0.6 is 0 Å². The summed E-state index contributed by atoms with van der Waals surface area (Å²) in [5, 5.41) is 0. The van der Waals surface area contributed by atoms with Crippen molar-refractivity contribution < 1.29 is 13.2 Å². The minimum absolute atomic E-state index is 0.0696. The van der Waals surface area contributed by atoms with Gasteiger partial charge in [-0.3, -0.25) is 9.69 Å². The lowest BCUT2D eigenvalue weighted by molar-refractivity contribution is -0.137. The van der Waals surface area contributed by atoms with Gasteiger partial charge in [-0.25, -0.2) is 4.98 Å². The van der Waals surface area contributed by atoms with E-state index in [1.54, 1.807) is 16.8 Å². The summed E-state index contributed by atoms with van der Waals surface area (Å²) < 4.78 is 41.0. The molecule has 5 rings (SSSR count). The molecular formula is C22H21F3N4O. The predicted octanol–water partition coefficient (Wildman–Crippen LogP) is 4.02. The maximum Gasteiger partial charge on any atom is 0.416 e. The van der Waals surface area contributed by atoms with Crippen molar-refractivity contribution in [2.24, 2.45) is 0 Å². The molecule has 2 aliphatic rings. The Morgan fingerprint density at radius 2 is 2.00 bits per heavy atom. The number of aromatic nitrogens is 3. The van der Waals surface area contributed by atoms with Gasteiger partial charge in [0.2, 0.25) is 0 Å². The number of benzene rings is 1. The number of fused-ring (bicyclic) bond motifs is 1. The van der Waals surface area contributed by atoms with Crippen molar-refractivity contribution in [2.45, 2.75) is 44.4 Å². The average Bonchev–Trinajstić information content (AvgIpc) is 3.47. The highest BCUT2D eigenvalue weighted by Gasteiger charge is 2.31. The van der Waals surface area contributed by atoms with Gasteiger partial charge in [0, 0.05) is 49.6 Å². The SMILES string of the molecule is O=c1[nH]c(C2CC2)nc2c1CN(Cc1cccn1-c1cccc(C(F)(F)F)c1)CC2. The number of halogens is 3. The zero-order chi connectivity index (χ0) is 20.9. The molecule has 1 saturated carbocycles. The first-order chi connectivity index (χ1) is 14.4. The van der Waals surface area contributed by atoms with E-state index < -0.39 is 11.7 Å². The molecule has 3 aromatic rings. The fourth-order valence-electron chi connectivity index (χ4n) is 4.04. The topological polar surface area (TPSA) is 53.9 Å². The lowest BCUT2D eigenvalue weighted by Crippen LogP contribution is -2.36. The molecule has 8 heteroatoms. The summed E-state index contributed by atoms with van der Waals surface area (Å²) in [6, 6.07) is 9.03. The van der Waals surface area contributed by atoms with Crippen LogP contribution in [0.25, 0.3) is 5.69 Å². The third kappa shape index (κ3) is 3.67. The molecular weight excluding hydrogens is 393 g/mol. The van der Waals surface area contributed by atoms with Gasteiger partial charge >= 0.3 is 6.18 Å². The average molecular weight is 414 g/mol. The summed E-state index contributed by atoms with van der Waals surface area (Å²) in [5.74, 6) is 1.21. The van der Waals surface area contributed by atoms with E-state index in [9.17, 15) is 18.0 Å². The number of alkyl halides is 3. The number of aromatic amines is 1. The zero-order valence-corrected chi connectivity index (χ0v) is 16.2. The van der Waals surface area contributed by atoms with Crippen LogP contribution in [0.3, 0.4) is 0 Å². The molecule has 5 nitrogen and oxygen atoms in total. The summed E-state index contributed by atoms with van der Waals surface area (Å²) in [7, 11) is 0. The molecule has 30 heavy (non-hydrogen) atoms. The highest BCUT2D eigenvalue weighted by molar-refractivity contribution is 5.39. The number of nitrogens with zero attached hydrogens (tertiary/aromatic N) is 3. The first-order valence-corrected chi connectivity index (χ1v) is 10.1. The zero-order valence-electron chi connectivity index (χ0n) is 16.2. The Labute approximate surface area is 171 Å². The largest absolute Gasteiger partial charge is 0.416 e. The molecule has 1 aromatic carbocycles. The van der Waals surface area contributed by atoms with Crippen molar-refractivity contribution in [3.8, 4) is 5.69 Å². The number of H-pyrrole nitrogens is 1. The van der Waals surface area contributed by atoms with E-state index in [4.69, 9.17) is 0 Å². The Morgan fingerprint density at radius 3 is 2.77 bits per heavy atom. The van der Waals surface area contributed by atoms with Crippen molar-refractivity contribution in [1.29, 1.82) is 0 Å². The van der Waals surface area contributed by atoms with Crippen molar-refractivity contribution in [3.63, 3.8) is 0 Å². The van der Waals surface area contributed by atoms with Crippen LogP contribution in [0, 0.1) is 0 Å². The van der Waals surface area contributed by atoms with Gasteiger partial charge in [0.15, 0.2) is 0 Å². The molecule has 1 aliphatic heterocycles. The Morgan fingerprint density at radius 1 is 1.17 bits per heavy atom. The van der Waals surface area contributed by atoms with Gasteiger partial charge in [0.05, 0.1) is 16.8 Å². The Bertz CT molecular complexity index is 1140. The van der Waals surface area contributed by atoms with E-state index in [2.05, 4.69) is 14.9 Å². The second-order valence-electron chi connectivity index (χ2n) is 8.03. The Hall–Kier alpha value is -2.87. The minimum Gasteiger partial charge on any atom is -0.320 e. The molecule has 0 bridgehead atoms. The van der Waals surface area contributed by atoms with Crippen LogP contribution in [-0.4, -0.2) is 26.0 Å². The molecule has 0 saturated heterocycles. The van der Waals surface area contributed by atoms with Crippen molar-refractivity contribution in [3.05, 3.63) is 81.3 Å². The smallest absolute Gasteiger partial charge is 0.320 e. The van der Waals surface area contributed by atoms with E-state index in [1.165, 1.54) is 6.07 Å². The molecule has 0 radical (unpaired) electrons. The van der Waals surface area contributed by atoms with Crippen molar-refractivity contribution in [2.75, 3.05) is 6.54 Å². The summed E-state index contributed by atoms with van der Waals surface area (Å²) in [4.78, 5) is 22.3. The second-order valence-corrected chi connectivity index (χ2v) is 8.03. The second kappa shape index (κ2) is 7.12. The van der Waals surface area contributed by atoms with Crippen LogP contribution in [0.1, 0.15) is 47.1 Å². The highest BCUT2D eigenvalue weighted by Crippen LogP contribution is 2.38. The highest BCUT2D eigenvalue weighted by atomic mass is 19.4. The number of nitrogens with one attached hydrogen (secondary N) is 1. The summed E-state index contributed by atoms with van der Waals surface area (Å²) in [6.07, 6.45) is 0.246. The van der Waals surface area contributed by atoms with Crippen LogP contribution in [0.2, 0.25) is 0 Å². The van der Waals surface area contributed by atoms with Crippen molar-refractivity contribution in [1.82, 2.24) is 19.4 Å². The van der Waals surface area contributed by atoms with Gasteiger partial charge in [-0.05, 0) is 43.2 Å². The summed E-state index contributed by atoms with van der Waals surface area (Å²) in [6.45, 7) is 1.77. The maximum absolute atomic E-state index is 13.1. The molecule has 1 aliphatic carbocycles. The van der Waals surface area contributed by atoms with Crippen molar-refractivity contribution >= 4 is 0 Å². The monoisotopic (exact) mass is 414 g/mol. The van der Waals surface area contributed by atoms with Gasteiger partial charge in [0.25, 0.3) is 5.56 Å². The molecule has 3 heterocycles. The van der Waals surface area contributed by atoms with Crippen LogP contribution < -0.4 is 5.56 Å². The Balaban J connectivity index is 1.37. The fraction of sp³-hybridized carbons (Fsp3) is 0.364. The number of hydrogen-bond donors (Lipinski definition) is 1. The van der Waals surface area contributed by atoms with E-state index in [1.807, 2.05) is 12.1 Å². The fourth-order valence-corrected chi connectivity index (χ4v) is 4.04. The molecule has 0 amide bonds. The van der Waals surface area contributed by atoms with E-state index in [0.29, 0.717) is 36.7 Å². The number of rotatable bonds is 4. The molecule has 1 N–H and O–H groups in total. The molecule has 1 fully saturated rings. The van der Waals surface area contributed by atoms with Gasteiger partial charge in [-0.2, -0.15) is 13.2 Å². The summed E-state index contributed by atoms with van der Waals surface area (Å²) >= 11 is 0. The normalized spacial score (nSPS) is 17.2. The molecule has 156 valence electrons. The minimum atomic E-state index is -4.38. The quantitative estimate of drug-likeness (QED) is 0.702. The van der Waals surface area contributed by atoms with Gasteiger partial charge in [-0.1, -0.05) is 6.07 Å². The van der Waals surface area contributed by atoms with Crippen LogP contribution in [0.5, 0.6) is 0 Å². The standard InChI is InChI=1S/C22H21F3N4O/c23-22(24,25)15-3-1-4-16(11-15)29-9-2-5-17(29)12-28-10-8-19-18(13-28)21(30)27-20(26-19)14-6-7-14/h1-5,9,11,14H,6-8,10,12-13H2,(H,26,27,30). The molecule has 0 atom stereocenters. The first kappa shape index (κ1) is 19.1. The third-order valence-corrected chi connectivity index (χ3v) is 5.80. The molecule has 0 unspecified atom stereocenters. The lowest BCUT2D eigenvalue weighted by atomic mass is 10.1. The van der Waals surface area contributed by atoms with E-state index in [0.717, 1.165) is 48.7 Å². The van der Waals surface area contributed by atoms with Crippen LogP contribution in [-0.2, 0) is 25.7 Å². The van der Waals surface area contributed by atoms with E-state index in [-0.39, 0.29) is 5.56 Å². The predicted molar refractivity (Wildman–Crippen MR) is 105 cm³/mol. The van der Waals surface area contributed by atoms with Crippen LogP contribution in [0.15, 0.2) is 47.4 Å². The first-order valence-electron chi connectivity index (χ1n) is 10.1. The molecule has 2 aromatic heterocycles. The molecule has 0 spiro atoms. The van der Waals surface area contributed by atoms with Gasteiger partial charge in [-0.15, -0.1) is 0 Å². The van der Waals surface area contributed by atoms with Crippen LogP contribution in [0.4, 0.5) is 13.2 Å². The number of hydrogen-bond acceptors (Lipinski definition) is 3.